The maximum atomic E-state index is 8.60. The van der Waals surface area contributed by atoms with E-state index in [0.29, 0.717) is 6.61 Å². The number of nitrogens with one attached hydrogen (secondary N) is 1. The van der Waals surface area contributed by atoms with Crippen LogP contribution in [0.25, 0.3) is 0 Å². The monoisotopic (exact) mass is 130 g/mol. The Balaban J connectivity index is 2.82. The summed E-state index contributed by atoms with van der Waals surface area (Å²) in [6, 6.07) is 0. The molecule has 0 aromatic heterocycles. The number of hydrogen-bond acceptors (Lipinski definition) is 3. The molecule has 0 aliphatic heterocycles. The molecule has 0 fully saturated rings. The highest BCUT2D eigenvalue weighted by molar-refractivity contribution is 4.65. The molecule has 2 N–H and O–H groups in total. The van der Waals surface area contributed by atoms with Crippen molar-refractivity contribution in [3.63, 3.8) is 0 Å². The van der Waals surface area contributed by atoms with Crippen molar-refractivity contribution < 1.29 is 9.84 Å². The number of aliphatic hydroxyl groups excluding tert-OH is 1. The van der Waals surface area contributed by atoms with Crippen LogP contribution >= 0.6 is 0 Å². The van der Waals surface area contributed by atoms with Crippen LogP contribution in [0.15, 0.2) is 12.7 Å². The van der Waals surface area contributed by atoms with Crippen LogP contribution in [-0.2, 0) is 4.74 Å². The Morgan fingerprint density at radius 1 is 1.89 bits per heavy atom. The molecule has 0 spiro atoms. The van der Waals surface area contributed by atoms with Crippen molar-refractivity contribution in [2.24, 2.45) is 0 Å². The zero-order valence-corrected chi connectivity index (χ0v) is 5.50. The van der Waals surface area contributed by atoms with Gasteiger partial charge in [-0.25, -0.2) is 0 Å². The molecule has 0 aromatic carbocycles. The molecule has 53 valence electrons. The van der Waals surface area contributed by atoms with Crippen molar-refractivity contribution in [2.45, 2.75) is 13.2 Å². The Labute approximate surface area is 55.3 Å². The van der Waals surface area contributed by atoms with E-state index >= 15 is 0 Å². The summed E-state index contributed by atoms with van der Waals surface area (Å²) in [5, 5.41) is 11.1. The number of aliphatic hydroxyl groups is 1. The zero-order chi connectivity index (χ0) is 7.11. The summed E-state index contributed by atoms with van der Waals surface area (Å²) in [5.41, 5.74) is 0. The fourth-order valence-electron chi connectivity index (χ4n) is 0.263. The lowest BCUT2D eigenvalue weighted by molar-refractivity contribution is 0.117. The van der Waals surface area contributed by atoms with Crippen LogP contribution in [0.4, 0.5) is 0 Å². The standard InChI is InChI=1S/C6H12NO2/c1-3-4-9-5-7-6(2)8/h3,5-8H,1,4H2,2H3. The molecule has 3 heteroatoms. The second-order valence-corrected chi connectivity index (χ2v) is 1.58. The van der Waals surface area contributed by atoms with E-state index in [1.807, 2.05) is 0 Å². The maximum Gasteiger partial charge on any atom is 0.150 e. The van der Waals surface area contributed by atoms with E-state index in [2.05, 4.69) is 11.9 Å². The van der Waals surface area contributed by atoms with Gasteiger partial charge in [0.2, 0.25) is 0 Å². The Morgan fingerprint density at radius 3 is 3.00 bits per heavy atom. The Bertz CT molecular complexity index is 73.5. The predicted molar refractivity (Wildman–Crippen MR) is 35.3 cm³/mol. The summed E-state index contributed by atoms with van der Waals surface area (Å²) in [6.45, 7) is 6.84. The van der Waals surface area contributed by atoms with Gasteiger partial charge in [0.15, 0.2) is 6.73 Å². The third-order valence-corrected chi connectivity index (χ3v) is 0.607. The molecule has 0 aliphatic rings. The van der Waals surface area contributed by atoms with Crippen LogP contribution in [0.1, 0.15) is 6.92 Å². The Kier molecular flexibility index (Phi) is 5.51. The van der Waals surface area contributed by atoms with Crippen LogP contribution < -0.4 is 5.32 Å². The van der Waals surface area contributed by atoms with Gasteiger partial charge in [0, 0.05) is 0 Å². The molecule has 0 saturated heterocycles. The molecule has 1 atom stereocenters. The summed E-state index contributed by atoms with van der Waals surface area (Å²) >= 11 is 0. The van der Waals surface area contributed by atoms with E-state index in [1.165, 1.54) is 6.73 Å². The lowest BCUT2D eigenvalue weighted by atomic mass is 10.7. The third-order valence-electron chi connectivity index (χ3n) is 0.607. The molecule has 1 unspecified atom stereocenters. The quantitative estimate of drug-likeness (QED) is 0.318. The van der Waals surface area contributed by atoms with E-state index in [9.17, 15) is 0 Å². The molecule has 0 rings (SSSR count). The van der Waals surface area contributed by atoms with Gasteiger partial charge >= 0.3 is 0 Å². The van der Waals surface area contributed by atoms with E-state index in [4.69, 9.17) is 9.84 Å². The summed E-state index contributed by atoms with van der Waals surface area (Å²) in [6.07, 6.45) is 1.06. The first-order valence-electron chi connectivity index (χ1n) is 2.75. The zero-order valence-electron chi connectivity index (χ0n) is 5.50. The minimum atomic E-state index is -0.560. The molecule has 3 nitrogen and oxygen atoms in total. The minimum Gasteiger partial charge on any atom is -0.379 e. The largest absolute Gasteiger partial charge is 0.379 e. The third kappa shape index (κ3) is 7.62. The summed E-state index contributed by atoms with van der Waals surface area (Å²) in [5.74, 6) is 0. The fourth-order valence-corrected chi connectivity index (χ4v) is 0.263. The molecule has 0 heterocycles. The Morgan fingerprint density at radius 2 is 2.56 bits per heavy atom. The number of ether oxygens (including phenoxy) is 1. The van der Waals surface area contributed by atoms with Crippen LogP contribution in [0.3, 0.4) is 0 Å². The normalized spacial score (nSPS) is 13.1. The van der Waals surface area contributed by atoms with Gasteiger partial charge < -0.3 is 9.84 Å². The topological polar surface area (TPSA) is 41.5 Å². The highest BCUT2D eigenvalue weighted by Gasteiger charge is 1.90. The van der Waals surface area contributed by atoms with Gasteiger partial charge in [-0.3, -0.25) is 5.32 Å². The van der Waals surface area contributed by atoms with Gasteiger partial charge in [0.25, 0.3) is 0 Å². The molecule has 9 heavy (non-hydrogen) atoms. The second-order valence-electron chi connectivity index (χ2n) is 1.58. The van der Waals surface area contributed by atoms with Crippen LogP contribution in [0.5, 0.6) is 0 Å². The van der Waals surface area contributed by atoms with Gasteiger partial charge in [-0.05, 0) is 6.92 Å². The highest BCUT2D eigenvalue weighted by atomic mass is 16.5. The lowest BCUT2D eigenvalue weighted by Gasteiger charge is -2.04. The van der Waals surface area contributed by atoms with Gasteiger partial charge in [0.05, 0.1) is 6.61 Å². The summed E-state index contributed by atoms with van der Waals surface area (Å²) in [4.78, 5) is 0. The Hall–Kier alpha value is -0.380. The van der Waals surface area contributed by atoms with Crippen molar-refractivity contribution in [1.82, 2.24) is 5.32 Å². The lowest BCUT2D eigenvalue weighted by Crippen LogP contribution is -2.23. The first-order chi connectivity index (χ1) is 4.27. The smallest absolute Gasteiger partial charge is 0.150 e. The van der Waals surface area contributed by atoms with Gasteiger partial charge in [-0.1, -0.05) is 6.08 Å². The number of hydrogen-bond donors (Lipinski definition) is 2. The summed E-state index contributed by atoms with van der Waals surface area (Å²) < 4.78 is 4.78. The number of rotatable bonds is 5. The first-order valence-corrected chi connectivity index (χ1v) is 2.75. The van der Waals surface area contributed by atoms with E-state index in [-0.39, 0.29) is 0 Å². The highest BCUT2D eigenvalue weighted by Crippen LogP contribution is 1.79. The van der Waals surface area contributed by atoms with Gasteiger partial charge in [0.1, 0.15) is 6.23 Å². The van der Waals surface area contributed by atoms with Gasteiger partial charge in [-0.2, -0.15) is 0 Å². The average Bonchev–Trinajstić information content (AvgIpc) is 1.80. The van der Waals surface area contributed by atoms with E-state index in [0.717, 1.165) is 0 Å². The molecular formula is C6H12NO2. The molecule has 0 saturated carbocycles. The first kappa shape index (κ1) is 8.62. The molecular weight excluding hydrogens is 118 g/mol. The van der Waals surface area contributed by atoms with Gasteiger partial charge in [-0.15, -0.1) is 6.58 Å². The van der Waals surface area contributed by atoms with Crippen molar-refractivity contribution in [2.75, 3.05) is 6.61 Å². The van der Waals surface area contributed by atoms with Crippen LogP contribution in [0, 0.1) is 6.73 Å². The molecule has 0 aliphatic carbocycles. The SMILES string of the molecule is C=CCO[CH]NC(C)O. The van der Waals surface area contributed by atoms with Crippen molar-refractivity contribution in [3.8, 4) is 0 Å². The summed E-state index contributed by atoms with van der Waals surface area (Å²) in [7, 11) is 0. The van der Waals surface area contributed by atoms with Crippen LogP contribution in [-0.4, -0.2) is 17.9 Å². The van der Waals surface area contributed by atoms with Crippen molar-refractivity contribution in [3.05, 3.63) is 19.4 Å². The molecule has 0 bridgehead atoms. The minimum absolute atomic E-state index is 0.458. The van der Waals surface area contributed by atoms with Crippen molar-refractivity contribution >= 4 is 0 Å². The van der Waals surface area contributed by atoms with Crippen molar-refractivity contribution in [1.29, 1.82) is 0 Å². The fraction of sp³-hybridized carbons (Fsp3) is 0.500. The molecule has 0 aromatic rings. The van der Waals surface area contributed by atoms with E-state index < -0.39 is 6.23 Å². The van der Waals surface area contributed by atoms with E-state index in [1.54, 1.807) is 13.0 Å². The molecule has 1 radical (unpaired) electrons. The second kappa shape index (κ2) is 5.75. The predicted octanol–water partition coefficient (Wildman–Crippen LogP) is 0.236. The van der Waals surface area contributed by atoms with Crippen LogP contribution in [0.2, 0.25) is 0 Å². The molecule has 0 amide bonds. The maximum absolute atomic E-state index is 8.60. The average molecular weight is 130 g/mol.